The van der Waals surface area contributed by atoms with Crippen LogP contribution in [0.2, 0.25) is 5.02 Å². The fourth-order valence-electron chi connectivity index (χ4n) is 3.07. The first-order valence-electron chi connectivity index (χ1n) is 10.1. The van der Waals surface area contributed by atoms with Gasteiger partial charge in [0.2, 0.25) is 0 Å². The van der Waals surface area contributed by atoms with Gasteiger partial charge in [-0.2, -0.15) is 0 Å². The topological polar surface area (TPSA) is 103 Å². The number of fused-ring (bicyclic) bond motifs is 1. The largest absolute Gasteiger partial charge is 0.486 e. The Morgan fingerprint density at radius 3 is 2.39 bits per heavy atom. The maximum atomic E-state index is 12.7. The normalized spacial score (nSPS) is 13.6. The molecule has 3 aromatic carbocycles. The summed E-state index contributed by atoms with van der Waals surface area (Å²) in [5.74, 6) is 1.01. The van der Waals surface area contributed by atoms with E-state index in [4.69, 9.17) is 25.8 Å². The lowest BCUT2D eigenvalue weighted by molar-refractivity contribution is -0.122. The SMILES string of the molecule is C[C@@H](Oc1cccc(Cl)c1)C(=O)Nc1ccc(NS(=O)(=O)c2ccc3c(c2)OCCO3)cc1. The van der Waals surface area contributed by atoms with E-state index in [2.05, 4.69) is 10.0 Å². The van der Waals surface area contributed by atoms with Gasteiger partial charge in [0.05, 0.1) is 4.90 Å². The van der Waals surface area contributed by atoms with Gasteiger partial charge in [0.1, 0.15) is 19.0 Å². The van der Waals surface area contributed by atoms with E-state index in [0.29, 0.717) is 46.9 Å². The molecule has 1 atom stereocenters. The maximum absolute atomic E-state index is 12.7. The zero-order chi connectivity index (χ0) is 23.4. The number of rotatable bonds is 7. The van der Waals surface area contributed by atoms with Crippen molar-refractivity contribution in [2.45, 2.75) is 17.9 Å². The molecule has 2 N–H and O–H groups in total. The molecule has 3 aromatic rings. The third-order valence-electron chi connectivity index (χ3n) is 4.71. The van der Waals surface area contributed by atoms with Crippen LogP contribution in [0.25, 0.3) is 0 Å². The van der Waals surface area contributed by atoms with Crippen LogP contribution in [-0.4, -0.2) is 33.6 Å². The number of hydrogen-bond donors (Lipinski definition) is 2. The molecule has 0 radical (unpaired) electrons. The van der Waals surface area contributed by atoms with Crippen molar-refractivity contribution < 1.29 is 27.4 Å². The van der Waals surface area contributed by atoms with Crippen molar-refractivity contribution in [3.63, 3.8) is 0 Å². The molecular formula is C23H21ClN2O6S. The van der Waals surface area contributed by atoms with Gasteiger partial charge >= 0.3 is 0 Å². The van der Waals surface area contributed by atoms with E-state index >= 15 is 0 Å². The van der Waals surface area contributed by atoms with Crippen molar-refractivity contribution in [3.05, 3.63) is 71.8 Å². The number of anilines is 2. The molecule has 172 valence electrons. The highest BCUT2D eigenvalue weighted by Crippen LogP contribution is 2.32. The smallest absolute Gasteiger partial charge is 0.265 e. The molecule has 1 aliphatic heterocycles. The second-order valence-electron chi connectivity index (χ2n) is 7.20. The zero-order valence-corrected chi connectivity index (χ0v) is 19.2. The molecule has 10 heteroatoms. The van der Waals surface area contributed by atoms with Crippen molar-refractivity contribution in [1.82, 2.24) is 0 Å². The molecule has 1 amide bonds. The van der Waals surface area contributed by atoms with Gasteiger partial charge in [-0.1, -0.05) is 17.7 Å². The number of hydrogen-bond acceptors (Lipinski definition) is 6. The minimum atomic E-state index is -3.84. The number of halogens is 1. The highest BCUT2D eigenvalue weighted by molar-refractivity contribution is 7.92. The predicted molar refractivity (Wildman–Crippen MR) is 125 cm³/mol. The summed E-state index contributed by atoms with van der Waals surface area (Å²) in [6.07, 6.45) is -0.767. The summed E-state index contributed by atoms with van der Waals surface area (Å²) in [5.41, 5.74) is 0.829. The van der Waals surface area contributed by atoms with Crippen LogP contribution in [0.1, 0.15) is 6.92 Å². The number of benzene rings is 3. The highest BCUT2D eigenvalue weighted by Gasteiger charge is 2.20. The second-order valence-corrected chi connectivity index (χ2v) is 9.31. The Morgan fingerprint density at radius 1 is 0.970 bits per heavy atom. The molecule has 0 bridgehead atoms. The Morgan fingerprint density at radius 2 is 1.67 bits per heavy atom. The van der Waals surface area contributed by atoms with Crippen molar-refractivity contribution in [1.29, 1.82) is 0 Å². The Labute approximate surface area is 196 Å². The Kier molecular flexibility index (Phi) is 6.62. The van der Waals surface area contributed by atoms with Crippen molar-refractivity contribution in [3.8, 4) is 17.2 Å². The zero-order valence-electron chi connectivity index (χ0n) is 17.6. The Hall–Kier alpha value is -3.43. The number of amides is 1. The average molecular weight is 489 g/mol. The third-order valence-corrected chi connectivity index (χ3v) is 6.32. The van der Waals surface area contributed by atoms with Crippen molar-refractivity contribution in [2.75, 3.05) is 23.3 Å². The first kappa shape index (κ1) is 22.8. The van der Waals surface area contributed by atoms with Crippen molar-refractivity contribution in [2.24, 2.45) is 0 Å². The first-order chi connectivity index (χ1) is 15.8. The highest BCUT2D eigenvalue weighted by atomic mass is 35.5. The van der Waals surface area contributed by atoms with Gasteiger partial charge in [-0.3, -0.25) is 9.52 Å². The van der Waals surface area contributed by atoms with Crippen LogP contribution < -0.4 is 24.2 Å². The van der Waals surface area contributed by atoms with Gasteiger partial charge in [0, 0.05) is 22.5 Å². The van der Waals surface area contributed by atoms with Crippen LogP contribution in [0, 0.1) is 0 Å². The molecule has 4 rings (SSSR count). The molecule has 8 nitrogen and oxygen atoms in total. The average Bonchev–Trinajstić information content (AvgIpc) is 2.80. The van der Waals surface area contributed by atoms with E-state index in [0.717, 1.165) is 0 Å². The van der Waals surface area contributed by atoms with E-state index in [1.165, 1.54) is 12.1 Å². The lowest BCUT2D eigenvalue weighted by Crippen LogP contribution is -2.30. The van der Waals surface area contributed by atoms with Crippen LogP contribution in [0.5, 0.6) is 17.2 Å². The molecule has 0 aliphatic carbocycles. The number of ether oxygens (including phenoxy) is 3. The summed E-state index contributed by atoms with van der Waals surface area (Å²) in [6, 6.07) is 17.5. The quantitative estimate of drug-likeness (QED) is 0.513. The monoisotopic (exact) mass is 488 g/mol. The number of nitrogens with one attached hydrogen (secondary N) is 2. The second kappa shape index (κ2) is 9.60. The molecular weight excluding hydrogens is 468 g/mol. The lowest BCUT2D eigenvalue weighted by atomic mass is 10.2. The fraction of sp³-hybridized carbons (Fsp3) is 0.174. The summed E-state index contributed by atoms with van der Waals surface area (Å²) in [4.78, 5) is 12.5. The molecule has 0 unspecified atom stereocenters. The van der Waals surface area contributed by atoms with Gasteiger partial charge in [-0.05, 0) is 61.5 Å². The molecule has 0 aromatic heterocycles. The van der Waals surface area contributed by atoms with Gasteiger partial charge in [-0.25, -0.2) is 8.42 Å². The lowest BCUT2D eigenvalue weighted by Gasteiger charge is -2.19. The number of carbonyl (C=O) groups excluding carboxylic acids is 1. The van der Waals surface area contributed by atoms with Crippen LogP contribution in [0.15, 0.2) is 71.6 Å². The van der Waals surface area contributed by atoms with E-state index in [1.54, 1.807) is 61.5 Å². The molecule has 0 saturated carbocycles. The van der Waals surface area contributed by atoms with Crippen LogP contribution in [0.4, 0.5) is 11.4 Å². The summed E-state index contributed by atoms with van der Waals surface area (Å²) < 4.78 is 44.4. The number of carbonyl (C=O) groups is 1. The standard InChI is InChI=1S/C23H21ClN2O6S/c1-15(32-19-4-2-3-16(24)13-19)23(27)25-17-5-7-18(8-6-17)26-33(28,29)20-9-10-21-22(14-20)31-12-11-30-21/h2-10,13-15,26H,11-12H2,1H3,(H,25,27)/t15-/m1/s1. The summed E-state index contributed by atoms with van der Waals surface area (Å²) in [6.45, 7) is 2.40. The number of sulfonamides is 1. The summed E-state index contributed by atoms with van der Waals surface area (Å²) in [7, 11) is -3.84. The summed E-state index contributed by atoms with van der Waals surface area (Å²) in [5, 5.41) is 3.24. The van der Waals surface area contributed by atoms with Gasteiger partial charge in [0.15, 0.2) is 17.6 Å². The maximum Gasteiger partial charge on any atom is 0.265 e. The Balaban J connectivity index is 1.38. The molecule has 1 heterocycles. The molecule has 0 saturated heterocycles. The fourth-order valence-corrected chi connectivity index (χ4v) is 4.32. The van der Waals surface area contributed by atoms with E-state index in [-0.39, 0.29) is 10.8 Å². The predicted octanol–water partition coefficient (Wildman–Crippen LogP) is 4.32. The minimum Gasteiger partial charge on any atom is -0.486 e. The van der Waals surface area contributed by atoms with Gasteiger partial charge in [-0.15, -0.1) is 0 Å². The van der Waals surface area contributed by atoms with E-state index in [1.807, 2.05) is 0 Å². The third kappa shape index (κ3) is 5.68. The van der Waals surface area contributed by atoms with Crippen LogP contribution >= 0.6 is 11.6 Å². The van der Waals surface area contributed by atoms with E-state index < -0.39 is 16.1 Å². The summed E-state index contributed by atoms with van der Waals surface area (Å²) >= 11 is 5.93. The van der Waals surface area contributed by atoms with E-state index in [9.17, 15) is 13.2 Å². The van der Waals surface area contributed by atoms with Crippen LogP contribution in [0.3, 0.4) is 0 Å². The Bertz CT molecular complexity index is 1260. The first-order valence-corrected chi connectivity index (χ1v) is 11.9. The molecule has 33 heavy (non-hydrogen) atoms. The van der Waals surface area contributed by atoms with Gasteiger partial charge < -0.3 is 19.5 Å². The van der Waals surface area contributed by atoms with Crippen molar-refractivity contribution >= 4 is 38.9 Å². The molecule has 0 fully saturated rings. The minimum absolute atomic E-state index is 0.0520. The molecule has 1 aliphatic rings. The molecule has 0 spiro atoms. The van der Waals surface area contributed by atoms with Crippen LogP contribution in [-0.2, 0) is 14.8 Å². The van der Waals surface area contributed by atoms with Gasteiger partial charge in [0.25, 0.3) is 15.9 Å².